The quantitative estimate of drug-likeness (QED) is 0.872. The van der Waals surface area contributed by atoms with Gasteiger partial charge in [-0.15, -0.1) is 11.3 Å². The molecule has 2 aromatic rings. The second kappa shape index (κ2) is 6.45. The zero-order valence-corrected chi connectivity index (χ0v) is 14.0. The molecule has 5 nitrogen and oxygen atoms in total. The van der Waals surface area contributed by atoms with E-state index in [1.807, 2.05) is 37.3 Å². The predicted octanol–water partition coefficient (Wildman–Crippen LogP) is 1.74. The van der Waals surface area contributed by atoms with Crippen molar-refractivity contribution in [1.82, 2.24) is 15.0 Å². The Hall–Kier alpha value is -1.28. The smallest absolute Gasteiger partial charge is 0.251 e. The molecule has 2 N–H and O–H groups in total. The zero-order valence-electron chi connectivity index (χ0n) is 12.3. The van der Waals surface area contributed by atoms with Crippen LogP contribution in [0, 0.1) is 0 Å². The summed E-state index contributed by atoms with van der Waals surface area (Å²) >= 11 is 1.24. The standard InChI is InChI=1S/C15H19N3O2S2/c1-2-14-17-10-15(21-14)22(19,20)18-13-9-16-8-12(13)11-6-4-3-5-7-11/h3-7,10,12-13,16,18H,2,8-9H2,1H3/t12-,13+/m0/s1. The zero-order chi connectivity index (χ0) is 15.6. The molecule has 1 saturated heterocycles. The molecule has 0 bridgehead atoms. The molecule has 0 radical (unpaired) electrons. The number of sulfonamides is 1. The molecule has 0 amide bonds. The van der Waals surface area contributed by atoms with Crippen molar-refractivity contribution in [2.45, 2.75) is 29.5 Å². The highest BCUT2D eigenvalue weighted by Gasteiger charge is 2.32. The van der Waals surface area contributed by atoms with Gasteiger partial charge in [0.2, 0.25) is 0 Å². The van der Waals surface area contributed by atoms with E-state index < -0.39 is 10.0 Å². The Morgan fingerprint density at radius 2 is 2.09 bits per heavy atom. The van der Waals surface area contributed by atoms with Gasteiger partial charge in [0.15, 0.2) is 4.21 Å². The van der Waals surface area contributed by atoms with Crippen molar-refractivity contribution in [2.75, 3.05) is 13.1 Å². The van der Waals surface area contributed by atoms with Crippen molar-refractivity contribution in [3.05, 3.63) is 47.1 Å². The fourth-order valence-electron chi connectivity index (χ4n) is 2.69. The average molecular weight is 337 g/mol. The maximum atomic E-state index is 12.5. The van der Waals surface area contributed by atoms with Crippen LogP contribution in [-0.2, 0) is 16.4 Å². The number of nitrogens with one attached hydrogen (secondary N) is 2. The summed E-state index contributed by atoms with van der Waals surface area (Å²) in [6.07, 6.45) is 2.20. The highest BCUT2D eigenvalue weighted by Crippen LogP contribution is 2.25. The highest BCUT2D eigenvalue weighted by atomic mass is 32.2. The number of nitrogens with zero attached hydrogens (tertiary/aromatic N) is 1. The van der Waals surface area contributed by atoms with E-state index in [2.05, 4.69) is 15.0 Å². The van der Waals surface area contributed by atoms with Crippen molar-refractivity contribution in [2.24, 2.45) is 0 Å². The number of rotatable bonds is 5. The van der Waals surface area contributed by atoms with Gasteiger partial charge in [0.05, 0.1) is 11.2 Å². The summed E-state index contributed by atoms with van der Waals surface area (Å²) in [7, 11) is -3.51. The van der Waals surface area contributed by atoms with Crippen LogP contribution < -0.4 is 10.0 Å². The van der Waals surface area contributed by atoms with Crippen molar-refractivity contribution >= 4 is 21.4 Å². The summed E-state index contributed by atoms with van der Waals surface area (Å²) in [5, 5.41) is 4.11. The number of benzene rings is 1. The summed E-state index contributed by atoms with van der Waals surface area (Å²) in [5.74, 6) is 0.148. The van der Waals surface area contributed by atoms with Gasteiger partial charge in [-0.2, -0.15) is 0 Å². The monoisotopic (exact) mass is 337 g/mol. The molecule has 0 aliphatic carbocycles. The summed E-state index contributed by atoms with van der Waals surface area (Å²) in [5.41, 5.74) is 1.15. The second-order valence-corrected chi connectivity index (χ2v) is 8.39. The van der Waals surface area contributed by atoms with Crippen molar-refractivity contribution in [3.8, 4) is 0 Å². The Labute approximate surface area is 134 Å². The number of hydrogen-bond acceptors (Lipinski definition) is 5. The molecule has 118 valence electrons. The normalized spacial score (nSPS) is 22.0. The van der Waals surface area contributed by atoms with Gasteiger partial charge in [0.25, 0.3) is 10.0 Å². The maximum Gasteiger partial charge on any atom is 0.251 e. The van der Waals surface area contributed by atoms with Gasteiger partial charge in [-0.25, -0.2) is 18.1 Å². The molecular weight excluding hydrogens is 318 g/mol. The minimum absolute atomic E-state index is 0.139. The highest BCUT2D eigenvalue weighted by molar-refractivity contribution is 7.91. The molecule has 0 saturated carbocycles. The average Bonchev–Trinajstić information content (AvgIpc) is 3.16. The first-order valence-electron chi connectivity index (χ1n) is 7.33. The van der Waals surface area contributed by atoms with E-state index in [-0.39, 0.29) is 12.0 Å². The van der Waals surface area contributed by atoms with E-state index >= 15 is 0 Å². The molecule has 1 aromatic carbocycles. The SMILES string of the molecule is CCc1ncc(S(=O)(=O)N[C@@H]2CNC[C@H]2c2ccccc2)s1. The summed E-state index contributed by atoms with van der Waals surface area (Å²) < 4.78 is 28.2. The second-order valence-electron chi connectivity index (χ2n) is 5.33. The first-order valence-corrected chi connectivity index (χ1v) is 9.63. The first-order chi connectivity index (χ1) is 10.6. The third kappa shape index (κ3) is 3.22. The summed E-state index contributed by atoms with van der Waals surface area (Å²) in [6.45, 7) is 3.38. The van der Waals surface area contributed by atoms with Crippen molar-refractivity contribution < 1.29 is 8.42 Å². The lowest BCUT2D eigenvalue weighted by Gasteiger charge is -2.19. The van der Waals surface area contributed by atoms with E-state index in [9.17, 15) is 8.42 Å². The lowest BCUT2D eigenvalue weighted by molar-refractivity contribution is 0.543. The van der Waals surface area contributed by atoms with E-state index in [1.54, 1.807) is 0 Å². The molecule has 7 heteroatoms. The minimum Gasteiger partial charge on any atom is -0.314 e. The van der Waals surface area contributed by atoms with E-state index in [0.717, 1.165) is 23.5 Å². The molecule has 2 atom stereocenters. The first kappa shape index (κ1) is 15.6. The van der Waals surface area contributed by atoms with Gasteiger partial charge in [-0.05, 0) is 12.0 Å². The van der Waals surface area contributed by atoms with Crippen molar-refractivity contribution in [3.63, 3.8) is 0 Å². The minimum atomic E-state index is -3.51. The topological polar surface area (TPSA) is 71.1 Å². The third-order valence-electron chi connectivity index (χ3n) is 3.85. The van der Waals surface area contributed by atoms with Crippen molar-refractivity contribution in [1.29, 1.82) is 0 Å². The van der Waals surface area contributed by atoms with E-state index in [4.69, 9.17) is 0 Å². The van der Waals surface area contributed by atoms with Crippen LogP contribution in [-0.4, -0.2) is 32.5 Å². The van der Waals surface area contributed by atoms with Gasteiger partial charge in [0, 0.05) is 25.0 Å². The van der Waals surface area contributed by atoms with Crippen LogP contribution in [0.4, 0.5) is 0 Å². The van der Waals surface area contributed by atoms with Crippen LogP contribution in [0.15, 0.2) is 40.7 Å². The van der Waals surface area contributed by atoms with E-state index in [0.29, 0.717) is 10.8 Å². The van der Waals surface area contributed by atoms with Crippen LogP contribution in [0.2, 0.25) is 0 Å². The molecule has 3 rings (SSSR count). The largest absolute Gasteiger partial charge is 0.314 e. The van der Waals surface area contributed by atoms with E-state index in [1.165, 1.54) is 17.5 Å². The Bertz CT molecular complexity index is 728. The van der Waals surface area contributed by atoms with Crippen LogP contribution in [0.5, 0.6) is 0 Å². The lowest BCUT2D eigenvalue weighted by Crippen LogP contribution is -2.39. The number of hydrogen-bond donors (Lipinski definition) is 2. The molecule has 1 aromatic heterocycles. The van der Waals surface area contributed by atoms with Gasteiger partial charge in [0.1, 0.15) is 0 Å². The Morgan fingerprint density at radius 1 is 1.32 bits per heavy atom. The Balaban J connectivity index is 1.79. The molecule has 1 aliphatic rings. The fourth-order valence-corrected chi connectivity index (χ4v) is 5.10. The Kier molecular flexibility index (Phi) is 4.58. The lowest BCUT2D eigenvalue weighted by atomic mass is 9.95. The van der Waals surface area contributed by atoms with Crippen LogP contribution in [0.3, 0.4) is 0 Å². The number of aryl methyl sites for hydroxylation is 1. The molecule has 0 unspecified atom stereocenters. The van der Waals surface area contributed by atoms with Crippen LogP contribution >= 0.6 is 11.3 Å². The molecule has 0 spiro atoms. The molecule has 1 aliphatic heterocycles. The summed E-state index contributed by atoms with van der Waals surface area (Å²) in [4.78, 5) is 4.14. The molecule has 22 heavy (non-hydrogen) atoms. The van der Waals surface area contributed by atoms with Gasteiger partial charge in [-0.1, -0.05) is 37.3 Å². The van der Waals surface area contributed by atoms with Crippen LogP contribution in [0.25, 0.3) is 0 Å². The van der Waals surface area contributed by atoms with Gasteiger partial charge >= 0.3 is 0 Å². The van der Waals surface area contributed by atoms with Gasteiger partial charge < -0.3 is 5.32 Å². The van der Waals surface area contributed by atoms with Gasteiger partial charge in [-0.3, -0.25) is 0 Å². The molecule has 2 heterocycles. The number of thiazole rings is 1. The third-order valence-corrected chi connectivity index (χ3v) is 6.94. The Morgan fingerprint density at radius 3 is 2.77 bits per heavy atom. The summed E-state index contributed by atoms with van der Waals surface area (Å²) in [6, 6.07) is 9.88. The number of aromatic nitrogens is 1. The maximum absolute atomic E-state index is 12.5. The molecule has 1 fully saturated rings. The fraction of sp³-hybridized carbons (Fsp3) is 0.400. The molecular formula is C15H19N3O2S2. The van der Waals surface area contributed by atoms with Crippen LogP contribution in [0.1, 0.15) is 23.4 Å². The predicted molar refractivity (Wildman–Crippen MR) is 87.7 cm³/mol.